The highest BCUT2D eigenvalue weighted by Crippen LogP contribution is 2.23. The summed E-state index contributed by atoms with van der Waals surface area (Å²) in [5.74, 6) is 0. The molecule has 0 fully saturated rings. The molecule has 0 spiro atoms. The second-order valence-corrected chi connectivity index (χ2v) is 3.90. The van der Waals surface area contributed by atoms with E-state index in [0.717, 1.165) is 25.2 Å². The van der Waals surface area contributed by atoms with Crippen LogP contribution in [0.25, 0.3) is 0 Å². The van der Waals surface area contributed by atoms with Crippen LogP contribution < -0.4 is 0 Å². The molecule has 0 aromatic heterocycles. The van der Waals surface area contributed by atoms with Crippen molar-refractivity contribution >= 4 is 17.3 Å². The zero-order valence-corrected chi connectivity index (χ0v) is 10.2. The maximum atomic E-state index is 10.5. The van der Waals surface area contributed by atoms with Gasteiger partial charge in [0.25, 0.3) is 5.69 Å². The molecule has 88 valence electrons. The lowest BCUT2D eigenvalue weighted by Crippen LogP contribution is -2.22. The molecule has 0 aliphatic heterocycles. The van der Waals surface area contributed by atoms with Crippen LogP contribution in [0, 0.1) is 10.1 Å². The Balaban J connectivity index is 2.86. The van der Waals surface area contributed by atoms with Gasteiger partial charge in [0.1, 0.15) is 0 Å². The van der Waals surface area contributed by atoms with E-state index in [0.29, 0.717) is 5.02 Å². The van der Waals surface area contributed by atoms with Gasteiger partial charge in [0.05, 0.1) is 9.95 Å². The van der Waals surface area contributed by atoms with Crippen LogP contribution >= 0.6 is 11.6 Å². The maximum Gasteiger partial charge on any atom is 0.270 e. The Morgan fingerprint density at radius 2 is 2.00 bits per heavy atom. The summed E-state index contributed by atoms with van der Waals surface area (Å²) in [7, 11) is 0. The normalized spacial score (nSPS) is 10.8. The average molecular weight is 243 g/mol. The van der Waals surface area contributed by atoms with Gasteiger partial charge >= 0.3 is 0 Å². The van der Waals surface area contributed by atoms with E-state index in [1.165, 1.54) is 12.1 Å². The Labute approximate surface area is 100.0 Å². The van der Waals surface area contributed by atoms with Crippen LogP contribution in [0.2, 0.25) is 5.02 Å². The minimum Gasteiger partial charge on any atom is -0.300 e. The molecule has 1 aromatic carbocycles. The summed E-state index contributed by atoms with van der Waals surface area (Å²) in [5, 5.41) is 11.0. The highest BCUT2D eigenvalue weighted by Gasteiger charge is 2.10. The monoisotopic (exact) mass is 242 g/mol. The van der Waals surface area contributed by atoms with Gasteiger partial charge in [-0.2, -0.15) is 0 Å². The SMILES string of the molecule is CCN(CC)Cc1ccc([N+](=O)[O-])cc1Cl. The minimum absolute atomic E-state index is 0.0355. The number of nitro groups is 1. The van der Waals surface area contributed by atoms with Crippen molar-refractivity contribution in [2.45, 2.75) is 20.4 Å². The molecule has 0 radical (unpaired) electrons. The Bertz CT molecular complexity index is 378. The molecule has 5 heteroatoms. The number of hydrogen-bond donors (Lipinski definition) is 0. The van der Waals surface area contributed by atoms with Crippen LogP contribution in [-0.4, -0.2) is 22.9 Å². The molecule has 16 heavy (non-hydrogen) atoms. The molecular weight excluding hydrogens is 228 g/mol. The van der Waals surface area contributed by atoms with Gasteiger partial charge in [0, 0.05) is 18.7 Å². The van der Waals surface area contributed by atoms with Crippen molar-refractivity contribution in [1.82, 2.24) is 4.90 Å². The topological polar surface area (TPSA) is 46.4 Å². The lowest BCUT2D eigenvalue weighted by Gasteiger charge is -2.18. The summed E-state index contributed by atoms with van der Waals surface area (Å²) in [6.07, 6.45) is 0. The van der Waals surface area contributed by atoms with E-state index in [-0.39, 0.29) is 5.69 Å². The van der Waals surface area contributed by atoms with Crippen molar-refractivity contribution in [2.24, 2.45) is 0 Å². The van der Waals surface area contributed by atoms with Crippen molar-refractivity contribution in [3.8, 4) is 0 Å². The van der Waals surface area contributed by atoms with Crippen molar-refractivity contribution in [2.75, 3.05) is 13.1 Å². The fourth-order valence-electron chi connectivity index (χ4n) is 1.47. The number of halogens is 1. The Morgan fingerprint density at radius 1 is 1.38 bits per heavy atom. The number of rotatable bonds is 5. The van der Waals surface area contributed by atoms with Crippen molar-refractivity contribution in [3.05, 3.63) is 38.9 Å². The molecule has 0 aliphatic carbocycles. The van der Waals surface area contributed by atoms with Gasteiger partial charge in [-0.15, -0.1) is 0 Å². The predicted octanol–water partition coefficient (Wildman–Crippen LogP) is 3.09. The molecule has 0 N–H and O–H groups in total. The summed E-state index contributed by atoms with van der Waals surface area (Å²) >= 11 is 6.00. The van der Waals surface area contributed by atoms with Gasteiger partial charge in [-0.3, -0.25) is 15.0 Å². The van der Waals surface area contributed by atoms with Crippen LogP contribution in [-0.2, 0) is 6.54 Å². The molecule has 4 nitrogen and oxygen atoms in total. The number of non-ortho nitro benzene ring substituents is 1. The molecule has 0 atom stereocenters. The molecular formula is C11H15ClN2O2. The van der Waals surface area contributed by atoms with Gasteiger partial charge in [-0.25, -0.2) is 0 Å². The summed E-state index contributed by atoms with van der Waals surface area (Å²) in [6.45, 7) is 6.74. The lowest BCUT2D eigenvalue weighted by molar-refractivity contribution is -0.384. The summed E-state index contributed by atoms with van der Waals surface area (Å²) < 4.78 is 0. The van der Waals surface area contributed by atoms with E-state index in [9.17, 15) is 10.1 Å². The highest BCUT2D eigenvalue weighted by molar-refractivity contribution is 6.31. The number of nitro benzene ring substituents is 1. The predicted molar refractivity (Wildman–Crippen MR) is 64.7 cm³/mol. The lowest BCUT2D eigenvalue weighted by atomic mass is 10.2. The first kappa shape index (κ1) is 12.9. The summed E-state index contributed by atoms with van der Waals surface area (Å²) in [5.41, 5.74) is 0.962. The minimum atomic E-state index is -0.437. The molecule has 0 unspecified atom stereocenters. The Hall–Kier alpha value is -1.13. The number of hydrogen-bond acceptors (Lipinski definition) is 3. The molecule has 1 rings (SSSR count). The largest absolute Gasteiger partial charge is 0.300 e. The first-order valence-corrected chi connectivity index (χ1v) is 5.61. The molecule has 0 saturated heterocycles. The average Bonchev–Trinajstić information content (AvgIpc) is 2.27. The third-order valence-corrected chi connectivity index (χ3v) is 2.89. The van der Waals surface area contributed by atoms with E-state index < -0.39 is 4.92 Å². The van der Waals surface area contributed by atoms with Crippen LogP contribution in [0.15, 0.2) is 18.2 Å². The van der Waals surface area contributed by atoms with Crippen molar-refractivity contribution in [3.63, 3.8) is 0 Å². The second-order valence-electron chi connectivity index (χ2n) is 3.49. The number of benzene rings is 1. The molecule has 0 amide bonds. The molecule has 0 bridgehead atoms. The van der Waals surface area contributed by atoms with Gasteiger partial charge in [-0.05, 0) is 24.7 Å². The molecule has 0 aliphatic rings. The van der Waals surface area contributed by atoms with Crippen molar-refractivity contribution in [1.29, 1.82) is 0 Å². The van der Waals surface area contributed by atoms with Gasteiger partial charge in [-0.1, -0.05) is 25.4 Å². The van der Waals surface area contributed by atoms with Gasteiger partial charge in [0.2, 0.25) is 0 Å². The van der Waals surface area contributed by atoms with Crippen LogP contribution in [0.4, 0.5) is 5.69 Å². The van der Waals surface area contributed by atoms with E-state index in [2.05, 4.69) is 18.7 Å². The van der Waals surface area contributed by atoms with Crippen LogP contribution in [0.5, 0.6) is 0 Å². The standard InChI is InChI=1S/C11H15ClN2O2/c1-3-13(4-2)8-9-5-6-10(14(15)16)7-11(9)12/h5-7H,3-4,8H2,1-2H3. The third kappa shape index (κ3) is 3.18. The first-order chi connectivity index (χ1) is 7.58. The molecule has 0 saturated carbocycles. The maximum absolute atomic E-state index is 10.5. The quantitative estimate of drug-likeness (QED) is 0.589. The van der Waals surface area contributed by atoms with Crippen molar-refractivity contribution < 1.29 is 4.92 Å². The van der Waals surface area contributed by atoms with Gasteiger partial charge in [0.15, 0.2) is 0 Å². The van der Waals surface area contributed by atoms with E-state index >= 15 is 0 Å². The molecule has 0 heterocycles. The summed E-state index contributed by atoms with van der Waals surface area (Å²) in [6, 6.07) is 4.61. The smallest absolute Gasteiger partial charge is 0.270 e. The van der Waals surface area contributed by atoms with E-state index in [1.807, 2.05) is 0 Å². The highest BCUT2D eigenvalue weighted by atomic mass is 35.5. The zero-order chi connectivity index (χ0) is 12.1. The number of nitrogens with zero attached hydrogens (tertiary/aromatic N) is 2. The fraction of sp³-hybridized carbons (Fsp3) is 0.455. The third-order valence-electron chi connectivity index (χ3n) is 2.54. The van der Waals surface area contributed by atoms with Gasteiger partial charge < -0.3 is 0 Å². The Kier molecular flexibility index (Phi) is 4.71. The molecule has 1 aromatic rings. The zero-order valence-electron chi connectivity index (χ0n) is 9.44. The van der Waals surface area contributed by atoms with Crippen LogP contribution in [0.3, 0.4) is 0 Å². The van der Waals surface area contributed by atoms with E-state index in [4.69, 9.17) is 11.6 Å². The Morgan fingerprint density at radius 3 is 2.44 bits per heavy atom. The first-order valence-electron chi connectivity index (χ1n) is 5.23. The second kappa shape index (κ2) is 5.82. The van der Waals surface area contributed by atoms with E-state index in [1.54, 1.807) is 6.07 Å². The van der Waals surface area contributed by atoms with Crippen LogP contribution in [0.1, 0.15) is 19.4 Å². The fourth-order valence-corrected chi connectivity index (χ4v) is 1.70. The summed E-state index contributed by atoms with van der Waals surface area (Å²) in [4.78, 5) is 12.3.